The molecule has 0 amide bonds. The Morgan fingerprint density at radius 2 is 1.70 bits per heavy atom. The van der Waals surface area contributed by atoms with Crippen molar-refractivity contribution in [2.45, 2.75) is 31.7 Å². The highest BCUT2D eigenvalue weighted by atomic mass is 32.2. The van der Waals surface area contributed by atoms with Crippen molar-refractivity contribution in [3.63, 3.8) is 0 Å². The van der Waals surface area contributed by atoms with Crippen LogP contribution in [0.1, 0.15) is 37.3 Å². The van der Waals surface area contributed by atoms with Gasteiger partial charge in [-0.15, -0.1) is 0 Å². The summed E-state index contributed by atoms with van der Waals surface area (Å²) >= 11 is 0. The van der Waals surface area contributed by atoms with E-state index >= 15 is 0 Å². The lowest BCUT2D eigenvalue weighted by molar-refractivity contribution is 0.296. The first kappa shape index (κ1) is 18.3. The van der Waals surface area contributed by atoms with Gasteiger partial charge in [0.25, 0.3) is 10.2 Å². The Labute approximate surface area is 138 Å². The number of benzene rings is 1. The molecule has 2 rings (SSSR count). The summed E-state index contributed by atoms with van der Waals surface area (Å²) in [6, 6.07) is 6.04. The molecule has 0 spiro atoms. The second-order valence-corrected chi connectivity index (χ2v) is 7.95. The molecule has 1 aliphatic rings. The average molecular weight is 343 g/mol. The quantitative estimate of drug-likeness (QED) is 0.861. The van der Waals surface area contributed by atoms with Gasteiger partial charge in [-0.3, -0.25) is 0 Å². The van der Waals surface area contributed by atoms with Gasteiger partial charge in [0, 0.05) is 25.7 Å². The zero-order valence-corrected chi connectivity index (χ0v) is 14.7. The van der Waals surface area contributed by atoms with E-state index in [0.717, 1.165) is 31.2 Å². The van der Waals surface area contributed by atoms with Crippen LogP contribution in [0.4, 0.5) is 4.39 Å². The van der Waals surface area contributed by atoms with E-state index in [1.165, 1.54) is 16.4 Å². The minimum Gasteiger partial charge on any atom is -0.301 e. The van der Waals surface area contributed by atoms with Crippen LogP contribution in [0.15, 0.2) is 24.3 Å². The maximum absolute atomic E-state index is 13.1. The Hall–Kier alpha value is -1.02. The first-order chi connectivity index (χ1) is 10.9. The fraction of sp³-hybridized carbons (Fsp3) is 0.625. The van der Waals surface area contributed by atoms with Gasteiger partial charge in [0.05, 0.1) is 0 Å². The van der Waals surface area contributed by atoms with Gasteiger partial charge in [-0.25, -0.2) is 9.11 Å². The predicted octanol–water partition coefficient (Wildman–Crippen LogP) is 2.14. The van der Waals surface area contributed by atoms with E-state index in [4.69, 9.17) is 0 Å². The molecule has 0 unspecified atom stereocenters. The van der Waals surface area contributed by atoms with Crippen molar-refractivity contribution in [3.05, 3.63) is 35.6 Å². The lowest BCUT2D eigenvalue weighted by Crippen LogP contribution is -2.44. The van der Waals surface area contributed by atoms with E-state index in [0.29, 0.717) is 13.1 Å². The number of nitrogens with zero attached hydrogens (tertiary/aromatic N) is 2. The van der Waals surface area contributed by atoms with Gasteiger partial charge in [0.2, 0.25) is 0 Å². The van der Waals surface area contributed by atoms with Crippen molar-refractivity contribution in [2.24, 2.45) is 0 Å². The van der Waals surface area contributed by atoms with Gasteiger partial charge in [0.15, 0.2) is 0 Å². The third-order valence-corrected chi connectivity index (χ3v) is 5.82. The van der Waals surface area contributed by atoms with Crippen LogP contribution in [0.25, 0.3) is 0 Å². The van der Waals surface area contributed by atoms with Gasteiger partial charge in [-0.1, -0.05) is 25.0 Å². The first-order valence-electron chi connectivity index (χ1n) is 8.07. The van der Waals surface area contributed by atoms with Crippen molar-refractivity contribution < 1.29 is 12.8 Å². The molecule has 1 atom stereocenters. The third kappa shape index (κ3) is 5.24. The molecule has 1 aliphatic heterocycles. The number of nitrogens with one attached hydrogen (secondary N) is 1. The highest BCUT2D eigenvalue weighted by Gasteiger charge is 2.24. The molecule has 1 aromatic rings. The molecule has 0 aliphatic carbocycles. The van der Waals surface area contributed by atoms with E-state index in [-0.39, 0.29) is 18.4 Å². The van der Waals surface area contributed by atoms with Crippen molar-refractivity contribution in [1.29, 1.82) is 0 Å². The fourth-order valence-electron chi connectivity index (χ4n) is 2.84. The summed E-state index contributed by atoms with van der Waals surface area (Å²) in [5, 5.41) is 0. The molecule has 1 saturated heterocycles. The van der Waals surface area contributed by atoms with Crippen LogP contribution in [-0.4, -0.2) is 51.4 Å². The summed E-state index contributed by atoms with van der Waals surface area (Å²) in [6.07, 6.45) is 4.00. The molecule has 0 bridgehead atoms. The summed E-state index contributed by atoms with van der Waals surface area (Å²) in [6.45, 7) is 1.43. The molecule has 23 heavy (non-hydrogen) atoms. The molecule has 130 valence electrons. The molecular weight excluding hydrogens is 317 g/mol. The Morgan fingerprint density at radius 3 is 2.22 bits per heavy atom. The molecule has 0 radical (unpaired) electrons. The van der Waals surface area contributed by atoms with Gasteiger partial charge < -0.3 is 4.90 Å². The number of hydrogen-bond donors (Lipinski definition) is 1. The van der Waals surface area contributed by atoms with Crippen LogP contribution in [0, 0.1) is 5.82 Å². The normalized spacial score (nSPS) is 18.8. The smallest absolute Gasteiger partial charge is 0.279 e. The Balaban J connectivity index is 2.04. The maximum atomic E-state index is 13.1. The number of rotatable bonds is 6. The minimum absolute atomic E-state index is 0.141. The second kappa shape index (κ2) is 8.19. The highest BCUT2D eigenvalue weighted by molar-refractivity contribution is 7.87. The summed E-state index contributed by atoms with van der Waals surface area (Å²) in [7, 11) is 0.298. The molecule has 1 fully saturated rings. The Kier molecular flexibility index (Phi) is 6.52. The lowest BCUT2D eigenvalue weighted by atomic mass is 10.1. The second-order valence-electron chi connectivity index (χ2n) is 6.20. The molecule has 0 saturated carbocycles. The van der Waals surface area contributed by atoms with E-state index < -0.39 is 10.2 Å². The van der Waals surface area contributed by atoms with Crippen molar-refractivity contribution >= 4 is 10.2 Å². The lowest BCUT2D eigenvalue weighted by Gasteiger charge is -2.27. The highest BCUT2D eigenvalue weighted by Crippen LogP contribution is 2.19. The minimum atomic E-state index is -3.47. The van der Waals surface area contributed by atoms with Crippen molar-refractivity contribution in [3.8, 4) is 0 Å². The third-order valence-electron chi connectivity index (χ3n) is 4.24. The number of halogens is 1. The maximum Gasteiger partial charge on any atom is 0.279 e. The van der Waals surface area contributed by atoms with Crippen LogP contribution in [0.2, 0.25) is 0 Å². The summed E-state index contributed by atoms with van der Waals surface area (Å²) < 4.78 is 42.3. The zero-order valence-electron chi connectivity index (χ0n) is 13.8. The zero-order chi connectivity index (χ0) is 16.9. The largest absolute Gasteiger partial charge is 0.301 e. The van der Waals surface area contributed by atoms with Crippen molar-refractivity contribution in [2.75, 3.05) is 33.7 Å². The molecule has 1 heterocycles. The molecule has 5 nitrogen and oxygen atoms in total. The number of hydrogen-bond acceptors (Lipinski definition) is 3. The van der Waals surface area contributed by atoms with E-state index in [2.05, 4.69) is 4.72 Å². The van der Waals surface area contributed by atoms with Gasteiger partial charge >= 0.3 is 0 Å². The Bertz CT molecular complexity index is 582. The number of likely N-dealkylation sites (N-methyl/N-ethyl adjacent to an activating group) is 1. The Morgan fingerprint density at radius 1 is 1.13 bits per heavy atom. The molecule has 7 heteroatoms. The summed E-state index contributed by atoms with van der Waals surface area (Å²) in [5.74, 6) is -0.295. The SMILES string of the molecule is CN(C)[C@H](CNS(=O)(=O)N1CCCCCC1)c1ccc(F)cc1. The average Bonchev–Trinajstić information content (AvgIpc) is 2.78. The van der Waals surface area contributed by atoms with Crippen molar-refractivity contribution in [1.82, 2.24) is 13.9 Å². The molecular formula is C16H26FN3O2S. The van der Waals surface area contributed by atoms with E-state index in [1.807, 2.05) is 19.0 Å². The van der Waals surface area contributed by atoms with Crippen LogP contribution >= 0.6 is 0 Å². The van der Waals surface area contributed by atoms with Gasteiger partial charge in [0.1, 0.15) is 5.82 Å². The summed E-state index contributed by atoms with van der Waals surface area (Å²) in [4.78, 5) is 1.93. The van der Waals surface area contributed by atoms with Crippen LogP contribution < -0.4 is 4.72 Å². The van der Waals surface area contributed by atoms with E-state index in [1.54, 1.807) is 12.1 Å². The molecule has 1 aromatic carbocycles. The monoisotopic (exact) mass is 343 g/mol. The van der Waals surface area contributed by atoms with Gasteiger partial charge in [-0.2, -0.15) is 12.7 Å². The molecule has 1 N–H and O–H groups in total. The fourth-order valence-corrected chi connectivity index (χ4v) is 4.13. The molecule has 0 aromatic heterocycles. The summed E-state index contributed by atoms with van der Waals surface area (Å²) in [5.41, 5.74) is 0.884. The topological polar surface area (TPSA) is 52.7 Å². The van der Waals surface area contributed by atoms with Crippen LogP contribution in [0.5, 0.6) is 0 Å². The predicted molar refractivity (Wildman–Crippen MR) is 89.8 cm³/mol. The van der Waals surface area contributed by atoms with Crippen LogP contribution in [-0.2, 0) is 10.2 Å². The van der Waals surface area contributed by atoms with Crippen LogP contribution in [0.3, 0.4) is 0 Å². The standard InChI is InChI=1S/C16H26FN3O2S/c1-19(2)16(14-7-9-15(17)10-8-14)13-18-23(21,22)20-11-5-3-4-6-12-20/h7-10,16,18H,3-6,11-13H2,1-2H3/t16-/m1/s1. The first-order valence-corrected chi connectivity index (χ1v) is 9.51. The van der Waals surface area contributed by atoms with Gasteiger partial charge in [-0.05, 0) is 44.6 Å². The van der Waals surface area contributed by atoms with E-state index in [9.17, 15) is 12.8 Å².